The minimum Gasteiger partial charge on any atom is -0.813 e. The van der Waals surface area contributed by atoms with Crippen LogP contribution in [0, 0.1) is 6.42 Å². The minimum absolute atomic E-state index is 0. The molecule has 0 aromatic carbocycles. The van der Waals surface area contributed by atoms with Crippen molar-refractivity contribution in [3.8, 4) is 0 Å². The van der Waals surface area contributed by atoms with Gasteiger partial charge in [-0.25, -0.2) is 0 Å². The Hall–Kier alpha value is 1.06. The van der Waals surface area contributed by atoms with Gasteiger partial charge in [0, 0.05) is 0 Å². The molecule has 0 N–H and O–H groups in total. The molecular weight excluding hydrogens is 152 g/mol. The number of hydrogen-bond acceptors (Lipinski definition) is 1. The van der Waals surface area contributed by atoms with E-state index in [0.29, 0.717) is 0 Å². The monoisotopic (exact) mass is 164 g/mol. The van der Waals surface area contributed by atoms with E-state index in [1.165, 1.54) is 32.1 Å². The minimum atomic E-state index is 0. The van der Waals surface area contributed by atoms with Crippen molar-refractivity contribution in [1.82, 2.24) is 0 Å². The standard InChI is InChI=1S/C6H11.H2S.Ti/c1-2-4-6-5-3-1;;/h1H,2-6H2;1H2;/q-1;;+2/p-1. The van der Waals surface area contributed by atoms with Crippen molar-refractivity contribution in [1.29, 1.82) is 0 Å². The van der Waals surface area contributed by atoms with Gasteiger partial charge in [-0.2, -0.15) is 12.8 Å². The van der Waals surface area contributed by atoms with Crippen molar-refractivity contribution in [2.24, 2.45) is 0 Å². The molecule has 0 aromatic rings. The van der Waals surface area contributed by atoms with Gasteiger partial charge in [-0.1, -0.05) is 19.3 Å². The summed E-state index contributed by atoms with van der Waals surface area (Å²) in [6, 6.07) is 0. The molecule has 0 aliphatic heterocycles. The first-order valence-corrected chi connectivity index (χ1v) is 2.82. The van der Waals surface area contributed by atoms with Crippen LogP contribution in [0.5, 0.6) is 0 Å². The van der Waals surface area contributed by atoms with Gasteiger partial charge in [-0.3, -0.25) is 0 Å². The van der Waals surface area contributed by atoms with Gasteiger partial charge >= 0.3 is 21.7 Å². The zero-order chi connectivity index (χ0) is 4.24. The maximum Gasteiger partial charge on any atom is 2.00 e. The summed E-state index contributed by atoms with van der Waals surface area (Å²) in [4.78, 5) is 0. The summed E-state index contributed by atoms with van der Waals surface area (Å²) in [6.07, 6.45) is 9.50. The van der Waals surface area contributed by atoms with Gasteiger partial charge < -0.3 is 19.9 Å². The summed E-state index contributed by atoms with van der Waals surface area (Å²) >= 11 is 0. The first-order chi connectivity index (χ1) is 3.00. The van der Waals surface area contributed by atoms with E-state index in [4.69, 9.17) is 0 Å². The predicted molar refractivity (Wildman–Crippen MR) is 36.1 cm³/mol. The Bertz CT molecular complexity index is 24.0. The van der Waals surface area contributed by atoms with Gasteiger partial charge in [-0.15, -0.1) is 0 Å². The summed E-state index contributed by atoms with van der Waals surface area (Å²) in [7, 11) is 0. The second-order valence-corrected chi connectivity index (χ2v) is 1.93. The Labute approximate surface area is 73.8 Å². The second kappa shape index (κ2) is 8.06. The van der Waals surface area contributed by atoms with Crippen molar-refractivity contribution in [2.45, 2.75) is 32.1 Å². The molecule has 0 bridgehead atoms. The average Bonchev–Trinajstić information content (AvgIpc) is 1.72. The summed E-state index contributed by atoms with van der Waals surface area (Å²) in [5.41, 5.74) is 0. The third kappa shape index (κ3) is 5.21. The molecule has 1 aliphatic rings. The number of hydrogen-bond donors (Lipinski definition) is 0. The third-order valence-electron chi connectivity index (χ3n) is 1.32. The molecule has 1 aliphatic carbocycles. The molecule has 0 radical (unpaired) electrons. The molecule has 0 heterocycles. The molecule has 0 unspecified atom stereocenters. The van der Waals surface area contributed by atoms with Crippen LogP contribution in [-0.4, -0.2) is 0 Å². The topological polar surface area (TPSA) is 0 Å². The van der Waals surface area contributed by atoms with E-state index < -0.39 is 0 Å². The average molecular weight is 164 g/mol. The van der Waals surface area contributed by atoms with Crippen LogP contribution in [0.1, 0.15) is 32.1 Å². The largest absolute Gasteiger partial charge is 2.00 e. The number of rotatable bonds is 0. The third-order valence-corrected chi connectivity index (χ3v) is 1.32. The molecule has 2 heteroatoms. The number of thiol groups is 1. The van der Waals surface area contributed by atoms with Crippen LogP contribution in [0.2, 0.25) is 0 Å². The summed E-state index contributed by atoms with van der Waals surface area (Å²) in [6.45, 7) is 0. The van der Waals surface area contributed by atoms with E-state index in [-0.39, 0.29) is 35.2 Å². The second-order valence-electron chi connectivity index (χ2n) is 1.93. The molecule has 1 rings (SSSR count). The van der Waals surface area contributed by atoms with E-state index in [9.17, 15) is 0 Å². The fourth-order valence-electron chi connectivity index (χ4n) is 0.898. The molecular formula is C6H12STi. The Balaban J connectivity index is 0. The first-order valence-electron chi connectivity index (χ1n) is 2.82. The molecule has 8 heavy (non-hydrogen) atoms. The molecule has 46 valence electrons. The van der Waals surface area contributed by atoms with Crippen molar-refractivity contribution in [3.05, 3.63) is 6.42 Å². The Morgan fingerprint density at radius 1 is 0.875 bits per heavy atom. The zero-order valence-electron chi connectivity index (χ0n) is 5.06. The van der Waals surface area contributed by atoms with E-state index in [0.717, 1.165) is 0 Å². The van der Waals surface area contributed by atoms with Gasteiger partial charge in [0.25, 0.3) is 0 Å². The fraction of sp³-hybridized carbons (Fsp3) is 0.833. The van der Waals surface area contributed by atoms with E-state index in [1.54, 1.807) is 0 Å². The molecule has 0 saturated heterocycles. The van der Waals surface area contributed by atoms with Crippen LogP contribution >= 0.6 is 0 Å². The van der Waals surface area contributed by atoms with Crippen LogP contribution in [0.25, 0.3) is 0 Å². The van der Waals surface area contributed by atoms with Crippen molar-refractivity contribution in [2.75, 3.05) is 0 Å². The van der Waals surface area contributed by atoms with Crippen LogP contribution in [0.15, 0.2) is 0 Å². The van der Waals surface area contributed by atoms with Gasteiger partial charge in [-0.05, 0) is 0 Å². The van der Waals surface area contributed by atoms with Crippen LogP contribution < -0.4 is 0 Å². The van der Waals surface area contributed by atoms with E-state index in [2.05, 4.69) is 6.42 Å². The molecule has 0 nitrogen and oxygen atoms in total. The van der Waals surface area contributed by atoms with Crippen LogP contribution in [-0.2, 0) is 35.2 Å². The maximum absolute atomic E-state index is 2.39. The first kappa shape index (κ1) is 11.8. The smallest absolute Gasteiger partial charge is 0.813 e. The Morgan fingerprint density at radius 3 is 1.50 bits per heavy atom. The van der Waals surface area contributed by atoms with Gasteiger partial charge in [0.1, 0.15) is 0 Å². The van der Waals surface area contributed by atoms with Gasteiger partial charge in [0.15, 0.2) is 0 Å². The molecule has 0 aromatic heterocycles. The molecule has 0 amide bonds. The van der Waals surface area contributed by atoms with Crippen molar-refractivity contribution >= 4 is 13.5 Å². The van der Waals surface area contributed by atoms with E-state index in [1.807, 2.05) is 0 Å². The quantitative estimate of drug-likeness (QED) is 0.228. The maximum atomic E-state index is 2.39. The van der Waals surface area contributed by atoms with Crippen molar-refractivity contribution < 1.29 is 21.7 Å². The Kier molecular flexibility index (Phi) is 11.9. The summed E-state index contributed by atoms with van der Waals surface area (Å²) in [5, 5.41) is 0. The zero-order valence-corrected chi connectivity index (χ0v) is 7.52. The molecule has 0 spiro atoms. The molecule has 1 saturated carbocycles. The fourth-order valence-corrected chi connectivity index (χ4v) is 0.898. The van der Waals surface area contributed by atoms with Crippen LogP contribution in [0.4, 0.5) is 0 Å². The molecule has 1 fully saturated rings. The Morgan fingerprint density at radius 2 is 1.38 bits per heavy atom. The summed E-state index contributed by atoms with van der Waals surface area (Å²) in [5.74, 6) is 0. The van der Waals surface area contributed by atoms with Crippen molar-refractivity contribution in [3.63, 3.8) is 0 Å². The SMILES string of the molecule is [CH-]1CCCCC1.[SH-].[Ti+2]. The molecule has 0 atom stereocenters. The summed E-state index contributed by atoms with van der Waals surface area (Å²) < 4.78 is 0. The van der Waals surface area contributed by atoms with Crippen LogP contribution in [0.3, 0.4) is 0 Å². The predicted octanol–water partition coefficient (Wildman–Crippen LogP) is 1.88. The van der Waals surface area contributed by atoms with Gasteiger partial charge in [0.05, 0.1) is 0 Å². The van der Waals surface area contributed by atoms with Gasteiger partial charge in [0.2, 0.25) is 0 Å². The normalized spacial score (nSPS) is 18.0. The van der Waals surface area contributed by atoms with E-state index >= 15 is 0 Å².